The van der Waals surface area contributed by atoms with Gasteiger partial charge in [0.25, 0.3) is 0 Å². The Morgan fingerprint density at radius 3 is 3.27 bits per heavy atom. The summed E-state index contributed by atoms with van der Waals surface area (Å²) in [4.78, 5) is 17.0. The first kappa shape index (κ1) is 10.6. The lowest BCUT2D eigenvalue weighted by Gasteiger charge is -2.07. The van der Waals surface area contributed by atoms with Gasteiger partial charge in [-0.15, -0.1) is 11.3 Å². The first-order valence-corrected chi connectivity index (χ1v) is 5.97. The van der Waals surface area contributed by atoms with Gasteiger partial charge >= 0.3 is 0 Å². The van der Waals surface area contributed by atoms with E-state index in [-0.39, 0.29) is 11.8 Å². The van der Waals surface area contributed by atoms with Crippen molar-refractivity contribution in [3.05, 3.63) is 16.1 Å². The minimum absolute atomic E-state index is 0.144. The van der Waals surface area contributed by atoms with Crippen LogP contribution in [0.15, 0.2) is 6.20 Å². The molecule has 1 aromatic heterocycles. The van der Waals surface area contributed by atoms with Crippen molar-refractivity contribution in [1.29, 1.82) is 0 Å². The SMILES string of the molecule is Cc1cnc(CNC(=O)C2CCNC2)s1. The smallest absolute Gasteiger partial charge is 0.224 e. The Kier molecular flexibility index (Phi) is 3.33. The lowest BCUT2D eigenvalue weighted by Crippen LogP contribution is -2.31. The van der Waals surface area contributed by atoms with Crippen molar-refractivity contribution in [2.45, 2.75) is 19.9 Å². The second-order valence-corrected chi connectivity index (χ2v) is 5.09. The summed E-state index contributed by atoms with van der Waals surface area (Å²) in [5.74, 6) is 0.291. The molecule has 0 radical (unpaired) electrons. The number of aromatic nitrogens is 1. The highest BCUT2D eigenvalue weighted by atomic mass is 32.1. The monoisotopic (exact) mass is 225 g/mol. The molecular weight excluding hydrogens is 210 g/mol. The fraction of sp³-hybridized carbons (Fsp3) is 0.600. The van der Waals surface area contributed by atoms with Gasteiger partial charge in [0.2, 0.25) is 5.91 Å². The summed E-state index contributed by atoms with van der Waals surface area (Å²) in [6, 6.07) is 0. The number of hydrogen-bond acceptors (Lipinski definition) is 4. The predicted octanol–water partition coefficient (Wildman–Crippen LogP) is 0.677. The van der Waals surface area contributed by atoms with Crippen molar-refractivity contribution < 1.29 is 4.79 Å². The molecular formula is C10H15N3OS. The third-order valence-electron chi connectivity index (χ3n) is 2.51. The zero-order valence-electron chi connectivity index (χ0n) is 8.75. The van der Waals surface area contributed by atoms with Gasteiger partial charge in [-0.3, -0.25) is 4.79 Å². The van der Waals surface area contributed by atoms with Crippen LogP contribution in [0.1, 0.15) is 16.3 Å². The number of thiazole rings is 1. The minimum Gasteiger partial charge on any atom is -0.349 e. The van der Waals surface area contributed by atoms with Gasteiger partial charge in [0.05, 0.1) is 12.5 Å². The molecule has 0 saturated carbocycles. The van der Waals surface area contributed by atoms with Crippen molar-refractivity contribution >= 4 is 17.2 Å². The van der Waals surface area contributed by atoms with Gasteiger partial charge in [0.15, 0.2) is 0 Å². The van der Waals surface area contributed by atoms with E-state index in [0.717, 1.165) is 24.5 Å². The molecule has 0 aromatic carbocycles. The lowest BCUT2D eigenvalue weighted by atomic mass is 10.1. The Morgan fingerprint density at radius 1 is 1.80 bits per heavy atom. The minimum atomic E-state index is 0.144. The Labute approximate surface area is 93.1 Å². The Morgan fingerprint density at radius 2 is 2.67 bits per heavy atom. The number of carbonyl (C=O) groups excluding carboxylic acids is 1. The van der Waals surface area contributed by atoms with Gasteiger partial charge in [0.1, 0.15) is 5.01 Å². The normalized spacial score (nSPS) is 20.5. The molecule has 1 aromatic rings. The second-order valence-electron chi connectivity index (χ2n) is 3.77. The molecule has 2 heterocycles. The molecule has 1 unspecified atom stereocenters. The first-order chi connectivity index (χ1) is 7.25. The first-order valence-electron chi connectivity index (χ1n) is 5.15. The van der Waals surface area contributed by atoms with E-state index in [1.54, 1.807) is 11.3 Å². The van der Waals surface area contributed by atoms with E-state index in [1.807, 2.05) is 13.1 Å². The van der Waals surface area contributed by atoms with E-state index in [1.165, 1.54) is 4.88 Å². The number of hydrogen-bond donors (Lipinski definition) is 2. The van der Waals surface area contributed by atoms with E-state index in [4.69, 9.17) is 0 Å². The highest BCUT2D eigenvalue weighted by Crippen LogP contribution is 2.12. The molecule has 1 aliphatic rings. The predicted molar refractivity (Wildman–Crippen MR) is 59.7 cm³/mol. The number of rotatable bonds is 3. The van der Waals surface area contributed by atoms with Gasteiger partial charge in [-0.25, -0.2) is 4.98 Å². The summed E-state index contributed by atoms with van der Waals surface area (Å²) < 4.78 is 0. The summed E-state index contributed by atoms with van der Waals surface area (Å²) in [5.41, 5.74) is 0. The number of nitrogens with one attached hydrogen (secondary N) is 2. The van der Waals surface area contributed by atoms with Crippen molar-refractivity contribution in [2.24, 2.45) is 5.92 Å². The van der Waals surface area contributed by atoms with E-state index < -0.39 is 0 Å². The molecule has 0 spiro atoms. The van der Waals surface area contributed by atoms with Crippen LogP contribution in [0.25, 0.3) is 0 Å². The molecule has 1 fully saturated rings. The fourth-order valence-corrected chi connectivity index (χ4v) is 2.40. The average molecular weight is 225 g/mol. The molecule has 82 valence electrons. The van der Waals surface area contributed by atoms with Crippen LogP contribution < -0.4 is 10.6 Å². The van der Waals surface area contributed by atoms with Gasteiger partial charge < -0.3 is 10.6 Å². The third-order valence-corrected chi connectivity index (χ3v) is 3.43. The molecule has 15 heavy (non-hydrogen) atoms. The van der Waals surface area contributed by atoms with Crippen LogP contribution in [0.4, 0.5) is 0 Å². The highest BCUT2D eigenvalue weighted by Gasteiger charge is 2.21. The van der Waals surface area contributed by atoms with Gasteiger partial charge in [0, 0.05) is 17.6 Å². The molecule has 1 atom stereocenters. The quantitative estimate of drug-likeness (QED) is 0.795. The van der Waals surface area contributed by atoms with Crippen LogP contribution >= 0.6 is 11.3 Å². The standard InChI is InChI=1S/C10H15N3OS/c1-7-4-12-9(15-7)6-13-10(14)8-2-3-11-5-8/h4,8,11H,2-3,5-6H2,1H3,(H,13,14). The van der Waals surface area contributed by atoms with Crippen molar-refractivity contribution in [3.8, 4) is 0 Å². The van der Waals surface area contributed by atoms with Crippen molar-refractivity contribution in [1.82, 2.24) is 15.6 Å². The van der Waals surface area contributed by atoms with E-state index in [2.05, 4.69) is 15.6 Å². The van der Waals surface area contributed by atoms with Gasteiger partial charge in [-0.05, 0) is 19.9 Å². The Hall–Kier alpha value is -0.940. The van der Waals surface area contributed by atoms with Crippen LogP contribution in [0.5, 0.6) is 0 Å². The Balaban J connectivity index is 1.80. The zero-order chi connectivity index (χ0) is 10.7. The van der Waals surface area contributed by atoms with E-state index >= 15 is 0 Å². The van der Waals surface area contributed by atoms with Gasteiger partial charge in [-0.2, -0.15) is 0 Å². The van der Waals surface area contributed by atoms with Gasteiger partial charge in [-0.1, -0.05) is 0 Å². The van der Waals surface area contributed by atoms with Crippen LogP contribution in [0.3, 0.4) is 0 Å². The molecule has 0 bridgehead atoms. The van der Waals surface area contributed by atoms with Crippen molar-refractivity contribution in [2.75, 3.05) is 13.1 Å². The second kappa shape index (κ2) is 4.72. The third kappa shape index (κ3) is 2.76. The molecule has 5 heteroatoms. The summed E-state index contributed by atoms with van der Waals surface area (Å²) in [5, 5.41) is 7.08. The van der Waals surface area contributed by atoms with Crippen LogP contribution in [-0.2, 0) is 11.3 Å². The average Bonchev–Trinajstić information content (AvgIpc) is 2.84. The molecule has 4 nitrogen and oxygen atoms in total. The summed E-state index contributed by atoms with van der Waals surface area (Å²) in [6.45, 7) is 4.34. The van der Waals surface area contributed by atoms with Crippen LogP contribution in [-0.4, -0.2) is 24.0 Å². The van der Waals surface area contributed by atoms with E-state index in [0.29, 0.717) is 6.54 Å². The molecule has 1 saturated heterocycles. The molecule has 2 N–H and O–H groups in total. The van der Waals surface area contributed by atoms with Crippen LogP contribution in [0.2, 0.25) is 0 Å². The molecule has 1 amide bonds. The lowest BCUT2D eigenvalue weighted by molar-refractivity contribution is -0.124. The summed E-state index contributed by atoms with van der Waals surface area (Å²) >= 11 is 1.63. The molecule has 0 aliphatic carbocycles. The van der Waals surface area contributed by atoms with E-state index in [9.17, 15) is 4.79 Å². The Bertz CT molecular complexity index is 344. The topological polar surface area (TPSA) is 54.0 Å². The molecule has 2 rings (SSSR count). The van der Waals surface area contributed by atoms with Crippen LogP contribution in [0, 0.1) is 12.8 Å². The number of carbonyl (C=O) groups is 1. The number of nitrogens with zero attached hydrogens (tertiary/aromatic N) is 1. The molecule has 1 aliphatic heterocycles. The number of amides is 1. The summed E-state index contributed by atoms with van der Waals surface area (Å²) in [6.07, 6.45) is 2.78. The summed E-state index contributed by atoms with van der Waals surface area (Å²) in [7, 11) is 0. The fourth-order valence-electron chi connectivity index (χ4n) is 1.67. The zero-order valence-corrected chi connectivity index (χ0v) is 9.56. The number of aryl methyl sites for hydroxylation is 1. The largest absolute Gasteiger partial charge is 0.349 e. The van der Waals surface area contributed by atoms with Crippen molar-refractivity contribution in [3.63, 3.8) is 0 Å². The maximum atomic E-state index is 11.7. The maximum absolute atomic E-state index is 11.7. The maximum Gasteiger partial charge on any atom is 0.224 e. The highest BCUT2D eigenvalue weighted by molar-refractivity contribution is 7.11.